The number of aryl methyl sites for hydroxylation is 1. The number of carboxylic acids is 1. The third kappa shape index (κ3) is 1.83. The number of nitrogens with zero attached hydrogens (tertiary/aromatic N) is 1. The molecule has 1 heterocycles. The second-order valence-corrected chi connectivity index (χ2v) is 4.12. The van der Waals surface area contributed by atoms with Gasteiger partial charge in [0.15, 0.2) is 0 Å². The van der Waals surface area contributed by atoms with Crippen molar-refractivity contribution >= 4 is 16.9 Å². The van der Waals surface area contributed by atoms with E-state index in [4.69, 9.17) is 4.74 Å². The van der Waals surface area contributed by atoms with E-state index in [9.17, 15) is 9.90 Å². The lowest BCUT2D eigenvalue weighted by Gasteiger charge is -2.05. The lowest BCUT2D eigenvalue weighted by atomic mass is 10.1. The van der Waals surface area contributed by atoms with Gasteiger partial charge in [-0.25, -0.2) is 4.79 Å². The molecule has 0 saturated heterocycles. The Morgan fingerprint density at radius 3 is 2.67 bits per heavy atom. The van der Waals surface area contributed by atoms with Crippen LogP contribution in [0, 0.1) is 6.92 Å². The van der Waals surface area contributed by atoms with Crippen LogP contribution < -0.4 is 4.74 Å². The number of rotatable bonds is 4. The summed E-state index contributed by atoms with van der Waals surface area (Å²) in [5.41, 5.74) is 2.10. The fraction of sp³-hybridized carbons (Fsp3) is 0.357. The molecule has 0 bridgehead atoms. The van der Waals surface area contributed by atoms with E-state index in [1.54, 1.807) is 6.07 Å². The van der Waals surface area contributed by atoms with Gasteiger partial charge in [0.2, 0.25) is 0 Å². The lowest BCUT2D eigenvalue weighted by Crippen LogP contribution is -2.01. The normalized spacial score (nSPS) is 10.8. The van der Waals surface area contributed by atoms with Crippen LogP contribution in [-0.2, 0) is 6.54 Å². The van der Waals surface area contributed by atoms with Crippen LogP contribution in [0.25, 0.3) is 10.9 Å². The first-order valence-electron chi connectivity index (χ1n) is 6.09. The molecule has 0 aliphatic rings. The molecular formula is C14H17NO3. The van der Waals surface area contributed by atoms with Gasteiger partial charge < -0.3 is 14.4 Å². The molecule has 0 atom stereocenters. The van der Waals surface area contributed by atoms with E-state index in [2.05, 4.69) is 0 Å². The van der Waals surface area contributed by atoms with Gasteiger partial charge in [-0.1, -0.05) is 0 Å². The summed E-state index contributed by atoms with van der Waals surface area (Å²) < 4.78 is 7.44. The van der Waals surface area contributed by atoms with E-state index in [1.807, 2.05) is 37.5 Å². The first-order valence-corrected chi connectivity index (χ1v) is 6.09. The fourth-order valence-electron chi connectivity index (χ4n) is 2.40. The SMILES string of the molecule is CCOc1ccc2c(c1)c(C(=O)O)c(C)n2CC. The number of benzene rings is 1. The van der Waals surface area contributed by atoms with E-state index >= 15 is 0 Å². The zero-order chi connectivity index (χ0) is 13.3. The molecule has 2 aromatic rings. The minimum Gasteiger partial charge on any atom is -0.494 e. The average molecular weight is 247 g/mol. The van der Waals surface area contributed by atoms with Gasteiger partial charge in [-0.15, -0.1) is 0 Å². The largest absolute Gasteiger partial charge is 0.494 e. The van der Waals surface area contributed by atoms with Crippen LogP contribution >= 0.6 is 0 Å². The summed E-state index contributed by atoms with van der Waals surface area (Å²) in [5.74, 6) is -0.181. The smallest absolute Gasteiger partial charge is 0.338 e. The highest BCUT2D eigenvalue weighted by atomic mass is 16.5. The Morgan fingerprint density at radius 2 is 2.11 bits per heavy atom. The third-order valence-electron chi connectivity index (χ3n) is 3.14. The van der Waals surface area contributed by atoms with Crippen LogP contribution in [0.15, 0.2) is 18.2 Å². The number of hydrogen-bond donors (Lipinski definition) is 1. The van der Waals surface area contributed by atoms with Crippen molar-refractivity contribution in [3.63, 3.8) is 0 Å². The molecule has 0 unspecified atom stereocenters. The maximum atomic E-state index is 11.4. The highest BCUT2D eigenvalue weighted by molar-refractivity contribution is 6.05. The summed E-state index contributed by atoms with van der Waals surface area (Å²) in [6, 6.07) is 5.60. The Morgan fingerprint density at radius 1 is 1.39 bits per heavy atom. The Kier molecular flexibility index (Phi) is 3.28. The molecule has 0 aliphatic heterocycles. The molecule has 0 spiro atoms. The highest BCUT2D eigenvalue weighted by Gasteiger charge is 2.18. The lowest BCUT2D eigenvalue weighted by molar-refractivity contribution is 0.0698. The van der Waals surface area contributed by atoms with E-state index < -0.39 is 5.97 Å². The summed E-state index contributed by atoms with van der Waals surface area (Å²) in [6.07, 6.45) is 0. The topological polar surface area (TPSA) is 51.5 Å². The Hall–Kier alpha value is -1.97. The van der Waals surface area contributed by atoms with Gasteiger partial charge in [-0.3, -0.25) is 0 Å². The van der Waals surface area contributed by atoms with Crippen LogP contribution in [0.1, 0.15) is 29.9 Å². The third-order valence-corrected chi connectivity index (χ3v) is 3.14. The van der Waals surface area contributed by atoms with E-state index in [1.165, 1.54) is 0 Å². The van der Waals surface area contributed by atoms with E-state index in [-0.39, 0.29) is 0 Å². The number of carboxylic acid groups (broad SMARTS) is 1. The van der Waals surface area contributed by atoms with Crippen molar-refractivity contribution in [1.29, 1.82) is 0 Å². The van der Waals surface area contributed by atoms with Gasteiger partial charge in [-0.05, 0) is 39.0 Å². The number of hydrogen-bond acceptors (Lipinski definition) is 2. The number of carbonyl (C=O) groups is 1. The molecule has 0 fully saturated rings. The molecule has 2 rings (SSSR count). The van der Waals surface area contributed by atoms with Crippen molar-refractivity contribution in [3.05, 3.63) is 29.5 Å². The first-order chi connectivity index (χ1) is 8.60. The first kappa shape index (κ1) is 12.5. The highest BCUT2D eigenvalue weighted by Crippen LogP contribution is 2.29. The molecule has 1 aromatic carbocycles. The molecule has 4 heteroatoms. The van der Waals surface area contributed by atoms with Crippen LogP contribution in [0.2, 0.25) is 0 Å². The fourth-order valence-corrected chi connectivity index (χ4v) is 2.40. The van der Waals surface area contributed by atoms with Crippen molar-refractivity contribution < 1.29 is 14.6 Å². The summed E-state index contributed by atoms with van der Waals surface area (Å²) in [4.78, 5) is 11.4. The van der Waals surface area contributed by atoms with Gasteiger partial charge in [0.05, 0.1) is 12.2 Å². The maximum absolute atomic E-state index is 11.4. The molecule has 18 heavy (non-hydrogen) atoms. The van der Waals surface area contributed by atoms with Crippen LogP contribution in [0.4, 0.5) is 0 Å². The van der Waals surface area contributed by atoms with Crippen LogP contribution in [0.3, 0.4) is 0 Å². The average Bonchev–Trinajstić information content (AvgIpc) is 2.60. The van der Waals surface area contributed by atoms with Crippen molar-refractivity contribution in [3.8, 4) is 5.75 Å². The van der Waals surface area contributed by atoms with Gasteiger partial charge in [0.1, 0.15) is 5.75 Å². The van der Waals surface area contributed by atoms with Gasteiger partial charge >= 0.3 is 5.97 Å². The molecule has 0 amide bonds. The maximum Gasteiger partial charge on any atom is 0.338 e. The van der Waals surface area contributed by atoms with Gasteiger partial charge in [0, 0.05) is 23.1 Å². The molecular weight excluding hydrogens is 230 g/mol. The minimum atomic E-state index is -0.890. The summed E-state index contributed by atoms with van der Waals surface area (Å²) >= 11 is 0. The van der Waals surface area contributed by atoms with Crippen LogP contribution in [-0.4, -0.2) is 22.2 Å². The van der Waals surface area contributed by atoms with Crippen molar-refractivity contribution in [2.45, 2.75) is 27.3 Å². The van der Waals surface area contributed by atoms with Crippen molar-refractivity contribution in [2.75, 3.05) is 6.61 Å². The monoisotopic (exact) mass is 247 g/mol. The predicted molar refractivity (Wildman–Crippen MR) is 70.5 cm³/mol. The summed E-state index contributed by atoms with van der Waals surface area (Å²) in [7, 11) is 0. The van der Waals surface area contributed by atoms with Crippen molar-refractivity contribution in [2.24, 2.45) is 0 Å². The van der Waals surface area contributed by atoms with Gasteiger partial charge in [-0.2, -0.15) is 0 Å². The zero-order valence-electron chi connectivity index (χ0n) is 10.9. The van der Waals surface area contributed by atoms with E-state index in [0.29, 0.717) is 17.9 Å². The molecule has 0 radical (unpaired) electrons. The quantitative estimate of drug-likeness (QED) is 0.903. The van der Waals surface area contributed by atoms with Gasteiger partial charge in [0.25, 0.3) is 0 Å². The minimum absolute atomic E-state index is 0.369. The number of fused-ring (bicyclic) bond motifs is 1. The number of aromatic carboxylic acids is 1. The van der Waals surface area contributed by atoms with Crippen LogP contribution in [0.5, 0.6) is 5.75 Å². The second kappa shape index (κ2) is 4.72. The molecule has 0 saturated carbocycles. The Bertz CT molecular complexity index is 599. The summed E-state index contributed by atoms with van der Waals surface area (Å²) in [5, 5.41) is 10.1. The predicted octanol–water partition coefficient (Wildman–Crippen LogP) is 3.07. The molecule has 96 valence electrons. The molecule has 4 nitrogen and oxygen atoms in total. The molecule has 1 aromatic heterocycles. The molecule has 1 N–H and O–H groups in total. The standard InChI is InChI=1S/C14H17NO3/c1-4-15-9(3)13(14(16)17)11-8-10(18-5-2)6-7-12(11)15/h6-8H,4-5H2,1-3H3,(H,16,17). The molecule has 0 aliphatic carbocycles. The number of ether oxygens (including phenoxy) is 1. The summed E-state index contributed by atoms with van der Waals surface area (Å²) in [6.45, 7) is 7.08. The van der Waals surface area contributed by atoms with E-state index in [0.717, 1.165) is 23.1 Å². The zero-order valence-corrected chi connectivity index (χ0v) is 10.9. The Balaban J connectivity index is 2.75. The second-order valence-electron chi connectivity index (χ2n) is 4.12. The number of aromatic nitrogens is 1. The van der Waals surface area contributed by atoms with Crippen molar-refractivity contribution in [1.82, 2.24) is 4.57 Å². The Labute approximate surface area is 106 Å².